The van der Waals surface area contributed by atoms with Crippen LogP contribution in [0.4, 0.5) is 5.69 Å². The van der Waals surface area contributed by atoms with Gasteiger partial charge >= 0.3 is 0 Å². The smallest absolute Gasteiger partial charge is 0.264 e. The summed E-state index contributed by atoms with van der Waals surface area (Å²) in [5, 5.41) is 3.98. The zero-order valence-corrected chi connectivity index (χ0v) is 27.2. The summed E-state index contributed by atoms with van der Waals surface area (Å²) in [5.41, 5.74) is 2.34. The highest BCUT2D eigenvalue weighted by molar-refractivity contribution is 7.92. The number of hydrogen-bond acceptors (Lipinski definition) is 4. The molecule has 0 spiro atoms. The Bertz CT molecular complexity index is 1510. The molecule has 0 aliphatic heterocycles. The number of anilines is 1. The Balaban J connectivity index is 2.10. The van der Waals surface area contributed by atoms with Crippen LogP contribution in [-0.4, -0.2) is 44.3 Å². The first-order valence-corrected chi connectivity index (χ1v) is 16.3. The van der Waals surface area contributed by atoms with E-state index in [0.717, 1.165) is 22.7 Å². The molecule has 42 heavy (non-hydrogen) atoms. The predicted octanol–water partition coefficient (Wildman–Crippen LogP) is 7.18. The molecule has 0 saturated carbocycles. The van der Waals surface area contributed by atoms with E-state index in [9.17, 15) is 18.0 Å². The number of amides is 2. The first-order valence-electron chi connectivity index (χ1n) is 13.8. The van der Waals surface area contributed by atoms with Gasteiger partial charge in [0.15, 0.2) is 0 Å². The molecule has 0 aromatic heterocycles. The summed E-state index contributed by atoms with van der Waals surface area (Å²) in [6, 6.07) is 15.3. The van der Waals surface area contributed by atoms with E-state index in [1.807, 2.05) is 13.8 Å². The molecular formula is C31H36Cl3N3O4S. The van der Waals surface area contributed by atoms with Gasteiger partial charge in [-0.3, -0.25) is 13.9 Å². The van der Waals surface area contributed by atoms with Crippen LogP contribution in [0.2, 0.25) is 15.1 Å². The second-order valence-electron chi connectivity index (χ2n) is 10.1. The average Bonchev–Trinajstić information content (AvgIpc) is 2.94. The van der Waals surface area contributed by atoms with E-state index in [2.05, 4.69) is 5.32 Å². The molecule has 1 N–H and O–H groups in total. The third-order valence-corrected chi connectivity index (χ3v) is 9.49. The molecule has 0 unspecified atom stereocenters. The molecular weight excluding hydrogens is 617 g/mol. The summed E-state index contributed by atoms with van der Waals surface area (Å²) >= 11 is 18.9. The van der Waals surface area contributed by atoms with Gasteiger partial charge in [-0.25, -0.2) is 8.42 Å². The van der Waals surface area contributed by atoms with Crippen LogP contribution < -0.4 is 9.62 Å². The van der Waals surface area contributed by atoms with Crippen LogP contribution in [-0.2, 0) is 26.2 Å². The number of benzene rings is 3. The maximum absolute atomic E-state index is 14.2. The minimum Gasteiger partial charge on any atom is -0.354 e. The molecule has 0 heterocycles. The molecule has 0 fully saturated rings. The lowest BCUT2D eigenvalue weighted by atomic mass is 10.1. The second-order valence-corrected chi connectivity index (χ2v) is 13.2. The summed E-state index contributed by atoms with van der Waals surface area (Å²) in [7, 11) is -4.21. The van der Waals surface area contributed by atoms with Crippen LogP contribution >= 0.6 is 34.8 Å². The molecule has 0 aliphatic rings. The average molecular weight is 653 g/mol. The Morgan fingerprint density at radius 3 is 2.17 bits per heavy atom. The standard InChI is InChI=1S/C31H36Cl3N3O4S/c1-5-7-16-35-31(39)28(6-2)36(19-23-11-13-24(32)17-27(23)34)30(38)20-37(29-18-25(33)12-10-22(29)4)42(40,41)26-14-8-21(3)9-15-26/h8-15,17-18,28H,5-7,16,19-20H2,1-4H3,(H,35,39)/t28-/m0/s1. The highest BCUT2D eigenvalue weighted by Crippen LogP contribution is 2.31. The summed E-state index contributed by atoms with van der Waals surface area (Å²) < 4.78 is 29.2. The van der Waals surface area contributed by atoms with Crippen LogP contribution in [0.15, 0.2) is 65.6 Å². The van der Waals surface area contributed by atoms with Gasteiger partial charge in [-0.05, 0) is 74.2 Å². The molecule has 2 amide bonds. The van der Waals surface area contributed by atoms with E-state index >= 15 is 0 Å². The van der Waals surface area contributed by atoms with Crippen molar-refractivity contribution in [3.05, 3.63) is 92.4 Å². The van der Waals surface area contributed by atoms with Crippen molar-refractivity contribution in [1.82, 2.24) is 10.2 Å². The van der Waals surface area contributed by atoms with Crippen molar-refractivity contribution in [1.29, 1.82) is 0 Å². The van der Waals surface area contributed by atoms with Crippen molar-refractivity contribution in [2.24, 2.45) is 0 Å². The van der Waals surface area contributed by atoms with Crippen LogP contribution in [0.3, 0.4) is 0 Å². The van der Waals surface area contributed by atoms with E-state index in [0.29, 0.717) is 39.2 Å². The van der Waals surface area contributed by atoms with Crippen LogP contribution in [0, 0.1) is 13.8 Å². The summed E-state index contributed by atoms with van der Waals surface area (Å²) in [5.74, 6) is -0.898. The van der Waals surface area contributed by atoms with Gasteiger partial charge in [-0.1, -0.05) is 84.9 Å². The minimum absolute atomic E-state index is 0.0249. The first kappa shape index (κ1) is 33.7. The zero-order valence-electron chi connectivity index (χ0n) is 24.2. The molecule has 3 aromatic rings. The fourth-order valence-electron chi connectivity index (χ4n) is 4.46. The molecule has 1 atom stereocenters. The highest BCUT2D eigenvalue weighted by atomic mass is 35.5. The highest BCUT2D eigenvalue weighted by Gasteiger charge is 2.34. The number of nitrogens with one attached hydrogen (secondary N) is 1. The van der Waals surface area contributed by atoms with Crippen molar-refractivity contribution in [2.45, 2.75) is 64.4 Å². The molecule has 3 aromatic carbocycles. The lowest BCUT2D eigenvalue weighted by Gasteiger charge is -2.33. The Labute approximate surface area is 263 Å². The maximum atomic E-state index is 14.2. The number of carbonyl (C=O) groups excluding carboxylic acids is 2. The van der Waals surface area contributed by atoms with Crippen molar-refractivity contribution < 1.29 is 18.0 Å². The SMILES string of the molecule is CCCCNC(=O)[C@H](CC)N(Cc1ccc(Cl)cc1Cl)C(=O)CN(c1cc(Cl)ccc1C)S(=O)(=O)c1ccc(C)cc1. The molecule has 3 rings (SSSR count). The zero-order chi connectivity index (χ0) is 31.0. The molecule has 226 valence electrons. The Kier molecular flexibility index (Phi) is 12.1. The maximum Gasteiger partial charge on any atom is 0.264 e. The number of nitrogens with zero attached hydrogens (tertiary/aromatic N) is 2. The predicted molar refractivity (Wildman–Crippen MR) is 171 cm³/mol. The fraction of sp³-hybridized carbons (Fsp3) is 0.355. The first-order chi connectivity index (χ1) is 19.9. The third kappa shape index (κ3) is 8.40. The van der Waals surface area contributed by atoms with Gasteiger partial charge in [-0.15, -0.1) is 0 Å². The normalized spacial score (nSPS) is 12.1. The number of aryl methyl sites for hydroxylation is 2. The third-order valence-electron chi connectivity index (χ3n) is 6.90. The number of sulfonamides is 1. The van der Waals surface area contributed by atoms with Crippen molar-refractivity contribution in [3.63, 3.8) is 0 Å². The number of rotatable bonds is 13. The Morgan fingerprint density at radius 2 is 1.55 bits per heavy atom. The monoisotopic (exact) mass is 651 g/mol. The quantitative estimate of drug-likeness (QED) is 0.198. The van der Waals surface area contributed by atoms with E-state index in [1.165, 1.54) is 23.1 Å². The number of carbonyl (C=O) groups is 2. The lowest BCUT2D eigenvalue weighted by Crippen LogP contribution is -2.52. The topological polar surface area (TPSA) is 86.8 Å². The van der Waals surface area contributed by atoms with E-state index < -0.39 is 28.5 Å². The second kappa shape index (κ2) is 15.1. The minimum atomic E-state index is -4.21. The molecule has 0 bridgehead atoms. The lowest BCUT2D eigenvalue weighted by molar-refractivity contribution is -0.140. The van der Waals surface area contributed by atoms with Crippen LogP contribution in [0.25, 0.3) is 0 Å². The van der Waals surface area contributed by atoms with Crippen molar-refractivity contribution in [3.8, 4) is 0 Å². The van der Waals surface area contributed by atoms with Gasteiger partial charge in [0.05, 0.1) is 10.6 Å². The van der Waals surface area contributed by atoms with Gasteiger partial charge < -0.3 is 10.2 Å². The van der Waals surface area contributed by atoms with E-state index in [4.69, 9.17) is 34.8 Å². The number of halogens is 3. The van der Waals surface area contributed by atoms with Gasteiger partial charge in [0.25, 0.3) is 10.0 Å². The molecule has 11 heteroatoms. The molecule has 7 nitrogen and oxygen atoms in total. The largest absolute Gasteiger partial charge is 0.354 e. The fourth-order valence-corrected chi connectivity index (χ4v) is 6.57. The summed E-state index contributed by atoms with van der Waals surface area (Å²) in [4.78, 5) is 28.9. The Morgan fingerprint density at radius 1 is 0.905 bits per heavy atom. The van der Waals surface area contributed by atoms with Gasteiger partial charge in [-0.2, -0.15) is 0 Å². The van der Waals surface area contributed by atoms with Gasteiger partial charge in [0.2, 0.25) is 11.8 Å². The molecule has 0 aliphatic carbocycles. The molecule has 0 saturated heterocycles. The van der Waals surface area contributed by atoms with Crippen molar-refractivity contribution >= 4 is 62.3 Å². The van der Waals surface area contributed by atoms with Crippen LogP contribution in [0.5, 0.6) is 0 Å². The van der Waals surface area contributed by atoms with Crippen LogP contribution in [0.1, 0.15) is 49.8 Å². The number of unbranched alkanes of at least 4 members (excludes halogenated alkanes) is 1. The van der Waals surface area contributed by atoms with E-state index in [1.54, 1.807) is 56.3 Å². The molecule has 0 radical (unpaired) electrons. The van der Waals surface area contributed by atoms with Crippen molar-refractivity contribution in [2.75, 3.05) is 17.4 Å². The Hall–Kier alpha value is -2.78. The van der Waals surface area contributed by atoms with Gasteiger partial charge in [0, 0.05) is 28.2 Å². The number of hydrogen-bond donors (Lipinski definition) is 1. The van der Waals surface area contributed by atoms with Gasteiger partial charge in [0.1, 0.15) is 12.6 Å². The van der Waals surface area contributed by atoms with E-state index in [-0.39, 0.29) is 23.0 Å². The summed E-state index contributed by atoms with van der Waals surface area (Å²) in [6.07, 6.45) is 1.98. The summed E-state index contributed by atoms with van der Waals surface area (Å²) in [6.45, 7) is 7.29.